The lowest BCUT2D eigenvalue weighted by molar-refractivity contribution is 0.213. The van der Waals surface area contributed by atoms with Crippen LogP contribution in [0.1, 0.15) is 25.7 Å². The summed E-state index contributed by atoms with van der Waals surface area (Å²) in [5, 5.41) is 3.09. The third kappa shape index (κ3) is 4.37. The number of sulfone groups is 1. The summed E-state index contributed by atoms with van der Waals surface area (Å²) >= 11 is 0. The van der Waals surface area contributed by atoms with E-state index in [1.54, 1.807) is 0 Å². The molecule has 5 heteroatoms. The van der Waals surface area contributed by atoms with Crippen LogP contribution in [0.2, 0.25) is 0 Å². The normalized spacial score (nSPS) is 26.0. The second kappa shape index (κ2) is 5.07. The van der Waals surface area contributed by atoms with Crippen LogP contribution in [0.3, 0.4) is 0 Å². The van der Waals surface area contributed by atoms with Crippen LogP contribution in [0.5, 0.6) is 0 Å². The van der Waals surface area contributed by atoms with Gasteiger partial charge in [-0.15, -0.1) is 0 Å². The number of hydrogen-bond acceptors (Lipinski definition) is 3. The Kier molecular flexibility index (Phi) is 4.31. The van der Waals surface area contributed by atoms with Gasteiger partial charge >= 0.3 is 0 Å². The fourth-order valence-electron chi connectivity index (χ4n) is 1.72. The number of piperidine rings is 1. The zero-order valence-electron chi connectivity index (χ0n) is 8.50. The molecule has 0 bridgehead atoms. The quantitative estimate of drug-likeness (QED) is 0.770. The summed E-state index contributed by atoms with van der Waals surface area (Å²) in [4.78, 5) is 0. The van der Waals surface area contributed by atoms with Gasteiger partial charge in [0.05, 0.1) is 5.75 Å². The Morgan fingerprint density at radius 1 is 1.50 bits per heavy atom. The summed E-state index contributed by atoms with van der Waals surface area (Å²) in [7, 11) is -3.03. The first kappa shape index (κ1) is 11.9. The van der Waals surface area contributed by atoms with Gasteiger partial charge in [0, 0.05) is 12.3 Å². The summed E-state index contributed by atoms with van der Waals surface area (Å²) in [6, 6.07) is -0.134. The van der Waals surface area contributed by atoms with E-state index in [1.807, 2.05) is 0 Å². The number of alkyl halides is 1. The number of halogens is 1. The van der Waals surface area contributed by atoms with Crippen LogP contribution in [0.15, 0.2) is 0 Å². The van der Waals surface area contributed by atoms with Gasteiger partial charge in [-0.2, -0.15) is 0 Å². The molecule has 0 aromatic rings. The van der Waals surface area contributed by atoms with Crippen molar-refractivity contribution in [2.45, 2.75) is 37.9 Å². The highest BCUT2D eigenvalue weighted by molar-refractivity contribution is 7.90. The second-order valence-electron chi connectivity index (χ2n) is 3.99. The van der Waals surface area contributed by atoms with E-state index in [2.05, 4.69) is 5.32 Å². The van der Waals surface area contributed by atoms with Crippen molar-refractivity contribution in [3.05, 3.63) is 0 Å². The van der Waals surface area contributed by atoms with Crippen molar-refractivity contribution in [3.63, 3.8) is 0 Å². The monoisotopic (exact) mass is 223 g/mol. The van der Waals surface area contributed by atoms with Crippen LogP contribution in [0.4, 0.5) is 4.39 Å². The predicted molar refractivity (Wildman–Crippen MR) is 54.9 cm³/mol. The fourth-order valence-corrected chi connectivity index (χ4v) is 2.37. The molecule has 1 aliphatic heterocycles. The fraction of sp³-hybridized carbons (Fsp3) is 1.00. The maximum Gasteiger partial charge on any atom is 0.147 e. The molecule has 3 nitrogen and oxygen atoms in total. The van der Waals surface area contributed by atoms with Gasteiger partial charge in [0.2, 0.25) is 0 Å². The highest BCUT2D eigenvalue weighted by atomic mass is 32.2. The molecule has 1 rings (SSSR count). The Bertz CT molecular complexity index is 260. The molecule has 14 heavy (non-hydrogen) atoms. The van der Waals surface area contributed by atoms with Gasteiger partial charge in [0.1, 0.15) is 16.0 Å². The first-order valence-electron chi connectivity index (χ1n) is 5.04. The van der Waals surface area contributed by atoms with E-state index in [0.717, 1.165) is 32.1 Å². The molecule has 0 radical (unpaired) electrons. The van der Waals surface area contributed by atoms with Gasteiger partial charge < -0.3 is 5.32 Å². The molecule has 0 aromatic carbocycles. The third-order valence-electron chi connectivity index (χ3n) is 2.55. The molecule has 1 N–H and O–H groups in total. The predicted octanol–water partition coefficient (Wildman–Crippen LogP) is 0.901. The molecule has 0 amide bonds. The van der Waals surface area contributed by atoms with Crippen molar-refractivity contribution in [3.8, 4) is 0 Å². The van der Waals surface area contributed by atoms with Crippen molar-refractivity contribution in [1.82, 2.24) is 5.32 Å². The molecule has 2 atom stereocenters. The third-order valence-corrected chi connectivity index (χ3v) is 3.53. The Balaban J connectivity index is 2.30. The molecule has 1 heterocycles. The Labute approximate surface area is 85.0 Å². The van der Waals surface area contributed by atoms with Crippen LogP contribution in [-0.2, 0) is 9.84 Å². The van der Waals surface area contributed by atoms with Crippen molar-refractivity contribution in [2.75, 3.05) is 18.6 Å². The number of hydrogen-bond donors (Lipinski definition) is 1. The SMILES string of the molecule is CS(=O)(=O)CCC(F)C1CCCCN1. The van der Waals surface area contributed by atoms with Crippen LogP contribution in [0.25, 0.3) is 0 Å². The number of rotatable bonds is 4. The Hall–Kier alpha value is -0.160. The highest BCUT2D eigenvalue weighted by Crippen LogP contribution is 2.15. The van der Waals surface area contributed by atoms with E-state index in [1.165, 1.54) is 0 Å². The van der Waals surface area contributed by atoms with Crippen molar-refractivity contribution >= 4 is 9.84 Å². The van der Waals surface area contributed by atoms with Crippen molar-refractivity contribution < 1.29 is 12.8 Å². The van der Waals surface area contributed by atoms with E-state index >= 15 is 0 Å². The molecule has 0 saturated carbocycles. The van der Waals surface area contributed by atoms with Crippen molar-refractivity contribution in [2.24, 2.45) is 0 Å². The minimum absolute atomic E-state index is 0.0493. The molecule has 84 valence electrons. The van der Waals surface area contributed by atoms with Crippen LogP contribution < -0.4 is 5.32 Å². The minimum atomic E-state index is -3.03. The first-order chi connectivity index (χ1) is 6.49. The van der Waals surface area contributed by atoms with Gasteiger partial charge in [-0.3, -0.25) is 0 Å². The van der Waals surface area contributed by atoms with Crippen LogP contribution in [-0.4, -0.2) is 39.2 Å². The van der Waals surface area contributed by atoms with E-state index < -0.39 is 16.0 Å². The molecule has 0 aliphatic carbocycles. The van der Waals surface area contributed by atoms with Crippen LogP contribution in [0, 0.1) is 0 Å². The molecule has 2 unspecified atom stereocenters. The molecule has 1 fully saturated rings. The average Bonchev–Trinajstić information content (AvgIpc) is 2.14. The van der Waals surface area contributed by atoms with Gasteiger partial charge in [-0.05, 0) is 25.8 Å². The minimum Gasteiger partial charge on any atom is -0.311 e. The molecule has 0 aromatic heterocycles. The molecule has 1 aliphatic rings. The average molecular weight is 223 g/mol. The van der Waals surface area contributed by atoms with E-state index in [-0.39, 0.29) is 18.2 Å². The van der Waals surface area contributed by atoms with Gasteiger partial charge in [0.25, 0.3) is 0 Å². The van der Waals surface area contributed by atoms with Gasteiger partial charge in [0.15, 0.2) is 0 Å². The lowest BCUT2D eigenvalue weighted by Gasteiger charge is -2.26. The maximum atomic E-state index is 13.5. The Morgan fingerprint density at radius 2 is 2.21 bits per heavy atom. The molecule has 1 saturated heterocycles. The van der Waals surface area contributed by atoms with Gasteiger partial charge in [-0.25, -0.2) is 12.8 Å². The smallest absolute Gasteiger partial charge is 0.147 e. The molecular formula is C9H18FNO2S. The first-order valence-corrected chi connectivity index (χ1v) is 7.10. The largest absolute Gasteiger partial charge is 0.311 e. The Morgan fingerprint density at radius 3 is 2.71 bits per heavy atom. The highest BCUT2D eigenvalue weighted by Gasteiger charge is 2.23. The lowest BCUT2D eigenvalue weighted by atomic mass is 9.99. The topological polar surface area (TPSA) is 46.2 Å². The molecule has 0 spiro atoms. The van der Waals surface area contributed by atoms with Crippen LogP contribution >= 0.6 is 0 Å². The summed E-state index contributed by atoms with van der Waals surface area (Å²) < 4.78 is 35.2. The zero-order chi connectivity index (χ0) is 10.6. The summed E-state index contributed by atoms with van der Waals surface area (Å²) in [5.41, 5.74) is 0. The van der Waals surface area contributed by atoms with Gasteiger partial charge in [-0.1, -0.05) is 6.42 Å². The van der Waals surface area contributed by atoms with Crippen molar-refractivity contribution in [1.29, 1.82) is 0 Å². The summed E-state index contributed by atoms with van der Waals surface area (Å²) in [5.74, 6) is -0.0493. The standard InChI is InChI=1S/C9H18FNO2S/c1-14(12,13)7-5-8(10)9-4-2-3-6-11-9/h8-9,11H,2-7H2,1H3. The summed E-state index contributed by atoms with van der Waals surface area (Å²) in [6.07, 6.45) is 3.20. The number of nitrogens with one attached hydrogen (secondary N) is 1. The second-order valence-corrected chi connectivity index (χ2v) is 6.25. The van der Waals surface area contributed by atoms with E-state index in [9.17, 15) is 12.8 Å². The lowest BCUT2D eigenvalue weighted by Crippen LogP contribution is -2.41. The maximum absolute atomic E-state index is 13.5. The summed E-state index contributed by atoms with van der Waals surface area (Å²) in [6.45, 7) is 0.851. The van der Waals surface area contributed by atoms with E-state index in [0.29, 0.717) is 0 Å². The molecular weight excluding hydrogens is 205 g/mol. The zero-order valence-corrected chi connectivity index (χ0v) is 9.32. The van der Waals surface area contributed by atoms with E-state index in [4.69, 9.17) is 0 Å².